The number of aliphatic hydroxyl groups is 1. The number of aliphatic hydroxyl groups excluding tert-OH is 1. The third-order valence-corrected chi connectivity index (χ3v) is 3.43. The van der Waals surface area contributed by atoms with Crippen LogP contribution in [0, 0.1) is 0 Å². The molecule has 0 aliphatic heterocycles. The van der Waals surface area contributed by atoms with Gasteiger partial charge in [-0.2, -0.15) is 0 Å². The van der Waals surface area contributed by atoms with Crippen LogP contribution in [0.25, 0.3) is 0 Å². The van der Waals surface area contributed by atoms with Crippen molar-refractivity contribution in [2.24, 2.45) is 0 Å². The maximum absolute atomic E-state index is 11.9. The summed E-state index contributed by atoms with van der Waals surface area (Å²) in [5.74, 6) is 0.527. The highest BCUT2D eigenvalue weighted by atomic mass is 16.6. The van der Waals surface area contributed by atoms with Gasteiger partial charge in [0.25, 0.3) is 0 Å². The molecule has 2 unspecified atom stereocenters. The Kier molecular flexibility index (Phi) is 4.20. The second-order valence-electron chi connectivity index (χ2n) is 4.71. The summed E-state index contributed by atoms with van der Waals surface area (Å²) in [4.78, 5) is 13.5. The molecule has 4 heteroatoms. The van der Waals surface area contributed by atoms with E-state index < -0.39 is 12.2 Å². The van der Waals surface area contributed by atoms with E-state index in [2.05, 4.69) is 0 Å². The number of nitrogens with zero attached hydrogens (tertiary/aromatic N) is 1. The van der Waals surface area contributed by atoms with E-state index in [1.807, 2.05) is 18.2 Å². The second-order valence-corrected chi connectivity index (χ2v) is 4.71. The van der Waals surface area contributed by atoms with Crippen molar-refractivity contribution in [3.63, 3.8) is 0 Å². The van der Waals surface area contributed by atoms with Gasteiger partial charge in [-0.05, 0) is 25.0 Å². The number of carbonyl (C=O) groups is 1. The van der Waals surface area contributed by atoms with Gasteiger partial charge in [0.15, 0.2) is 0 Å². The lowest BCUT2D eigenvalue weighted by Crippen LogP contribution is -2.47. The Balaban J connectivity index is 1.96. The molecule has 4 nitrogen and oxygen atoms in total. The molecule has 1 aliphatic carbocycles. The van der Waals surface area contributed by atoms with Gasteiger partial charge < -0.3 is 14.7 Å². The minimum Gasteiger partial charge on any atom is -0.410 e. The van der Waals surface area contributed by atoms with E-state index >= 15 is 0 Å². The highest BCUT2D eigenvalue weighted by molar-refractivity contribution is 5.70. The van der Waals surface area contributed by atoms with Crippen LogP contribution in [-0.4, -0.2) is 35.3 Å². The molecule has 1 fully saturated rings. The molecule has 1 amide bonds. The predicted octanol–water partition coefficient (Wildman–Crippen LogP) is 2.42. The fourth-order valence-corrected chi connectivity index (χ4v) is 2.34. The first kappa shape index (κ1) is 12.9. The summed E-state index contributed by atoms with van der Waals surface area (Å²) in [6.45, 7) is 0. The van der Waals surface area contributed by atoms with Crippen molar-refractivity contribution >= 4 is 6.09 Å². The van der Waals surface area contributed by atoms with Crippen LogP contribution in [0.2, 0.25) is 0 Å². The molecule has 0 radical (unpaired) electrons. The standard InChI is InChI=1S/C14H19NO3/c1-15(12-9-5-6-10-13(12)16)14(17)18-11-7-3-2-4-8-11/h2-4,7-8,12-13,16H,5-6,9-10H2,1H3. The fraction of sp³-hybridized carbons (Fsp3) is 0.500. The van der Waals surface area contributed by atoms with Crippen molar-refractivity contribution < 1.29 is 14.6 Å². The molecule has 0 saturated heterocycles. The zero-order valence-electron chi connectivity index (χ0n) is 10.6. The van der Waals surface area contributed by atoms with Gasteiger partial charge >= 0.3 is 6.09 Å². The number of hydrogen-bond donors (Lipinski definition) is 1. The first-order valence-corrected chi connectivity index (χ1v) is 6.36. The van der Waals surface area contributed by atoms with Crippen LogP contribution in [0.15, 0.2) is 30.3 Å². The van der Waals surface area contributed by atoms with Gasteiger partial charge in [-0.3, -0.25) is 0 Å². The Hall–Kier alpha value is -1.55. The molecule has 2 atom stereocenters. The van der Waals surface area contributed by atoms with Crippen molar-refractivity contribution in [2.75, 3.05) is 7.05 Å². The molecule has 0 bridgehead atoms. The lowest BCUT2D eigenvalue weighted by atomic mass is 9.92. The SMILES string of the molecule is CN(C(=O)Oc1ccccc1)C1CCCCC1O. The summed E-state index contributed by atoms with van der Waals surface area (Å²) in [7, 11) is 1.68. The minimum absolute atomic E-state index is 0.130. The van der Waals surface area contributed by atoms with Gasteiger partial charge in [0.05, 0.1) is 12.1 Å². The van der Waals surface area contributed by atoms with Crippen LogP contribution in [0.1, 0.15) is 25.7 Å². The summed E-state index contributed by atoms with van der Waals surface area (Å²) in [6, 6.07) is 8.85. The lowest BCUT2D eigenvalue weighted by molar-refractivity contribution is 0.0362. The number of hydrogen-bond acceptors (Lipinski definition) is 3. The summed E-state index contributed by atoms with van der Waals surface area (Å²) in [5.41, 5.74) is 0. The summed E-state index contributed by atoms with van der Waals surface area (Å²) < 4.78 is 5.25. The zero-order chi connectivity index (χ0) is 13.0. The largest absolute Gasteiger partial charge is 0.415 e. The lowest BCUT2D eigenvalue weighted by Gasteiger charge is -2.34. The average Bonchev–Trinajstić information content (AvgIpc) is 2.39. The minimum atomic E-state index is -0.438. The van der Waals surface area contributed by atoms with E-state index in [1.54, 1.807) is 19.2 Å². The van der Waals surface area contributed by atoms with E-state index in [1.165, 1.54) is 4.90 Å². The molecular weight excluding hydrogens is 230 g/mol. The number of benzene rings is 1. The van der Waals surface area contributed by atoms with Crippen molar-refractivity contribution in [2.45, 2.75) is 37.8 Å². The number of carbonyl (C=O) groups excluding carboxylic acids is 1. The van der Waals surface area contributed by atoms with Crippen molar-refractivity contribution in [1.29, 1.82) is 0 Å². The Labute approximate surface area is 107 Å². The third kappa shape index (κ3) is 3.01. The number of para-hydroxylation sites is 1. The first-order chi connectivity index (χ1) is 8.68. The maximum atomic E-state index is 11.9. The second kappa shape index (κ2) is 5.87. The normalized spacial score (nSPS) is 23.4. The van der Waals surface area contributed by atoms with Gasteiger partial charge in [0, 0.05) is 7.05 Å². The molecule has 1 N–H and O–H groups in total. The molecule has 98 valence electrons. The highest BCUT2D eigenvalue weighted by Crippen LogP contribution is 2.23. The molecule has 1 saturated carbocycles. The van der Waals surface area contributed by atoms with Crippen LogP contribution < -0.4 is 4.74 Å². The van der Waals surface area contributed by atoms with E-state index in [0.29, 0.717) is 5.75 Å². The van der Waals surface area contributed by atoms with Crippen LogP contribution in [-0.2, 0) is 0 Å². The van der Waals surface area contributed by atoms with Crippen LogP contribution in [0.3, 0.4) is 0 Å². The maximum Gasteiger partial charge on any atom is 0.415 e. The van der Waals surface area contributed by atoms with Crippen molar-refractivity contribution in [1.82, 2.24) is 4.90 Å². The predicted molar refractivity (Wildman–Crippen MR) is 68.5 cm³/mol. The van der Waals surface area contributed by atoms with Gasteiger partial charge in [0.2, 0.25) is 0 Å². The zero-order valence-corrected chi connectivity index (χ0v) is 10.6. The Morgan fingerprint density at radius 3 is 2.61 bits per heavy atom. The molecule has 1 aliphatic rings. The van der Waals surface area contributed by atoms with Gasteiger partial charge in [0.1, 0.15) is 5.75 Å². The summed E-state index contributed by atoms with van der Waals surface area (Å²) >= 11 is 0. The third-order valence-electron chi connectivity index (χ3n) is 3.43. The summed E-state index contributed by atoms with van der Waals surface area (Å²) in [6.07, 6.45) is 2.82. The van der Waals surface area contributed by atoms with Crippen LogP contribution >= 0.6 is 0 Å². The quantitative estimate of drug-likeness (QED) is 0.875. The summed E-state index contributed by atoms with van der Waals surface area (Å²) in [5, 5.41) is 9.90. The number of likely N-dealkylation sites (N-methyl/N-ethyl adjacent to an activating group) is 1. The Morgan fingerprint density at radius 2 is 1.94 bits per heavy atom. The molecule has 0 aromatic heterocycles. The van der Waals surface area contributed by atoms with Crippen LogP contribution in [0.5, 0.6) is 5.75 Å². The van der Waals surface area contributed by atoms with E-state index in [-0.39, 0.29) is 6.04 Å². The van der Waals surface area contributed by atoms with Gasteiger partial charge in [-0.15, -0.1) is 0 Å². The highest BCUT2D eigenvalue weighted by Gasteiger charge is 2.30. The molecule has 1 aromatic rings. The molecular formula is C14H19NO3. The van der Waals surface area contributed by atoms with Gasteiger partial charge in [-0.1, -0.05) is 31.0 Å². The number of ether oxygens (including phenoxy) is 1. The Bertz CT molecular complexity index is 393. The van der Waals surface area contributed by atoms with Gasteiger partial charge in [-0.25, -0.2) is 4.79 Å². The smallest absolute Gasteiger partial charge is 0.410 e. The van der Waals surface area contributed by atoms with E-state index in [4.69, 9.17) is 4.74 Å². The van der Waals surface area contributed by atoms with E-state index in [0.717, 1.165) is 25.7 Å². The van der Waals surface area contributed by atoms with E-state index in [9.17, 15) is 9.90 Å². The average molecular weight is 249 g/mol. The van der Waals surface area contributed by atoms with Crippen molar-refractivity contribution in [3.05, 3.63) is 30.3 Å². The van der Waals surface area contributed by atoms with Crippen LogP contribution in [0.4, 0.5) is 4.79 Å². The molecule has 0 spiro atoms. The monoisotopic (exact) mass is 249 g/mol. The Morgan fingerprint density at radius 1 is 1.28 bits per heavy atom. The molecule has 1 aromatic carbocycles. The molecule has 18 heavy (non-hydrogen) atoms. The first-order valence-electron chi connectivity index (χ1n) is 6.36. The molecule has 0 heterocycles. The molecule has 2 rings (SSSR count). The number of amides is 1. The topological polar surface area (TPSA) is 49.8 Å². The fourth-order valence-electron chi connectivity index (χ4n) is 2.34. The van der Waals surface area contributed by atoms with Crippen molar-refractivity contribution in [3.8, 4) is 5.75 Å². The number of rotatable bonds is 2.